The zero-order valence-electron chi connectivity index (χ0n) is 17.7. The molecule has 3 aliphatic rings. The summed E-state index contributed by atoms with van der Waals surface area (Å²) in [6.45, 7) is 1.46. The van der Waals surface area contributed by atoms with Gasteiger partial charge in [0, 0.05) is 31.9 Å². The molecule has 8 nitrogen and oxygen atoms in total. The Balaban J connectivity index is 1.31. The first-order valence-corrected chi connectivity index (χ1v) is 12.2. The number of nitrogens with zero attached hydrogens (tertiary/aromatic N) is 3. The highest BCUT2D eigenvalue weighted by molar-refractivity contribution is 7.83. The van der Waals surface area contributed by atoms with Crippen LogP contribution in [0.2, 0.25) is 0 Å². The average Bonchev–Trinajstić information content (AvgIpc) is 3.53. The molecule has 0 radical (unpaired) electrons. The summed E-state index contributed by atoms with van der Waals surface area (Å²) in [5, 5.41) is 7.35. The number of aryl methyl sites for hydroxylation is 3. The van der Waals surface area contributed by atoms with Crippen LogP contribution in [0.1, 0.15) is 58.4 Å². The van der Waals surface area contributed by atoms with Crippen LogP contribution in [0, 0.1) is 0 Å². The van der Waals surface area contributed by atoms with Gasteiger partial charge in [0.25, 0.3) is 5.91 Å². The summed E-state index contributed by atoms with van der Waals surface area (Å²) in [6.07, 6.45) is 8.21. The van der Waals surface area contributed by atoms with Crippen molar-refractivity contribution in [3.8, 4) is 0 Å². The Hall–Kier alpha value is -2.68. The molecule has 0 saturated carbocycles. The molecule has 1 aromatic heterocycles. The monoisotopic (exact) mass is 441 g/mol. The van der Waals surface area contributed by atoms with Crippen molar-refractivity contribution in [3.63, 3.8) is 0 Å². The topological polar surface area (TPSA) is 96.3 Å². The highest BCUT2D eigenvalue weighted by Crippen LogP contribution is 2.38. The van der Waals surface area contributed by atoms with Gasteiger partial charge in [0.15, 0.2) is 16.0 Å². The number of urea groups is 1. The summed E-state index contributed by atoms with van der Waals surface area (Å²) in [4.78, 5) is 27.1. The molecule has 1 fully saturated rings. The quantitative estimate of drug-likeness (QED) is 0.762. The van der Waals surface area contributed by atoms with Crippen molar-refractivity contribution in [1.82, 2.24) is 19.4 Å². The van der Waals surface area contributed by atoms with E-state index in [0.717, 1.165) is 70.1 Å². The van der Waals surface area contributed by atoms with E-state index in [4.69, 9.17) is 0 Å². The zero-order valence-corrected chi connectivity index (χ0v) is 18.5. The van der Waals surface area contributed by atoms with Crippen molar-refractivity contribution >= 4 is 28.6 Å². The van der Waals surface area contributed by atoms with E-state index in [9.17, 15) is 13.8 Å². The fourth-order valence-corrected chi connectivity index (χ4v) is 5.80. The lowest BCUT2D eigenvalue weighted by Crippen LogP contribution is -2.31. The van der Waals surface area contributed by atoms with Crippen molar-refractivity contribution in [2.75, 3.05) is 18.4 Å². The number of nitrogens with one attached hydrogen (secondary N) is 2. The molecule has 9 heteroatoms. The van der Waals surface area contributed by atoms with Gasteiger partial charge >= 0.3 is 6.03 Å². The van der Waals surface area contributed by atoms with E-state index in [1.54, 1.807) is 11.9 Å². The molecule has 2 heterocycles. The van der Waals surface area contributed by atoms with Gasteiger partial charge in [0.2, 0.25) is 0 Å². The molecule has 2 N–H and O–H groups in total. The number of anilines is 1. The second-order valence-electron chi connectivity index (χ2n) is 8.55. The number of likely N-dealkylation sites (tertiary alicyclic amines) is 1. The van der Waals surface area contributed by atoms with Gasteiger partial charge in [-0.15, -0.1) is 0 Å². The molecule has 1 aliphatic heterocycles. The highest BCUT2D eigenvalue weighted by atomic mass is 32.2. The predicted octanol–water partition coefficient (Wildman–Crippen LogP) is 2.48. The molecular formula is C22H27N5O3S. The number of rotatable bonds is 4. The van der Waals surface area contributed by atoms with Gasteiger partial charge in [0.1, 0.15) is 5.69 Å². The Bertz CT molecular complexity index is 1060. The Morgan fingerprint density at radius 2 is 1.61 bits per heavy atom. The molecule has 0 spiro atoms. The van der Waals surface area contributed by atoms with Crippen LogP contribution in [0.3, 0.4) is 0 Å². The molecule has 1 unspecified atom stereocenters. The van der Waals surface area contributed by atoms with Crippen LogP contribution in [0.25, 0.3) is 0 Å². The fraction of sp³-hybridized carbons (Fsp3) is 0.500. The number of carbonyl (C=O) groups excluding carboxylic acids is 2. The van der Waals surface area contributed by atoms with E-state index >= 15 is 0 Å². The van der Waals surface area contributed by atoms with Gasteiger partial charge in [-0.05, 0) is 73.6 Å². The first-order chi connectivity index (χ1) is 15.0. The molecule has 1 atom stereocenters. The molecule has 5 rings (SSSR count). The van der Waals surface area contributed by atoms with E-state index in [2.05, 4.69) is 21.2 Å². The number of aromatic nitrogens is 2. The second-order valence-corrected chi connectivity index (χ2v) is 9.71. The van der Waals surface area contributed by atoms with Crippen molar-refractivity contribution in [1.29, 1.82) is 0 Å². The summed E-state index contributed by atoms with van der Waals surface area (Å²) in [7, 11) is -0.203. The van der Waals surface area contributed by atoms with E-state index in [0.29, 0.717) is 5.69 Å². The van der Waals surface area contributed by atoms with E-state index < -0.39 is 17.0 Å². The van der Waals surface area contributed by atoms with Crippen LogP contribution in [-0.4, -0.2) is 43.9 Å². The summed E-state index contributed by atoms with van der Waals surface area (Å²) in [5.41, 5.74) is 6.38. The van der Waals surface area contributed by atoms with Gasteiger partial charge in [-0.1, -0.05) is 6.07 Å². The highest BCUT2D eigenvalue weighted by Gasteiger charge is 2.27. The van der Waals surface area contributed by atoms with Crippen molar-refractivity contribution in [3.05, 3.63) is 40.1 Å². The lowest BCUT2D eigenvalue weighted by atomic mass is 9.99. The van der Waals surface area contributed by atoms with Gasteiger partial charge in [0.05, 0.1) is 0 Å². The minimum Gasteiger partial charge on any atom is -0.337 e. The largest absolute Gasteiger partial charge is 0.337 e. The molecule has 164 valence electrons. The van der Waals surface area contributed by atoms with Gasteiger partial charge in [-0.25, -0.2) is 9.00 Å². The molecule has 3 amide bonds. The molecule has 0 bridgehead atoms. The minimum absolute atomic E-state index is 0.115. The van der Waals surface area contributed by atoms with Crippen LogP contribution in [-0.2, 0) is 43.7 Å². The molecule has 1 saturated heterocycles. The number of carbonyl (C=O) groups is 2. The third-order valence-corrected chi connectivity index (χ3v) is 7.51. The summed E-state index contributed by atoms with van der Waals surface area (Å²) >= 11 is 0. The Labute approximate surface area is 184 Å². The smallest absolute Gasteiger partial charge is 0.331 e. The second kappa shape index (κ2) is 8.11. The maximum atomic E-state index is 12.8. The molecule has 2 aliphatic carbocycles. The van der Waals surface area contributed by atoms with Crippen LogP contribution in [0.4, 0.5) is 10.5 Å². The van der Waals surface area contributed by atoms with Gasteiger partial charge in [-0.2, -0.15) is 5.10 Å². The lowest BCUT2D eigenvalue weighted by molar-refractivity contribution is 0.0782. The standard InChI is InChI=1S/C22H27N5O3S/c1-26-18(21(28)27-10-2-3-11-27)13-19(24-26)31(30)25-22(29)23-20-16-8-4-6-14(16)12-15-7-5-9-17(15)20/h12-13H,2-11H2,1H3,(H2,23,25,29). The summed E-state index contributed by atoms with van der Waals surface area (Å²) < 4.78 is 16.7. The number of fused-ring (bicyclic) bond motifs is 2. The first-order valence-electron chi connectivity index (χ1n) is 11.0. The molecule has 1 aromatic carbocycles. The zero-order chi connectivity index (χ0) is 21.5. The Morgan fingerprint density at radius 1 is 0.968 bits per heavy atom. The third-order valence-electron chi connectivity index (χ3n) is 6.56. The number of benzene rings is 1. The van der Waals surface area contributed by atoms with E-state index in [1.807, 2.05) is 0 Å². The first kappa shape index (κ1) is 20.2. The number of hydrogen-bond donors (Lipinski definition) is 2. The Morgan fingerprint density at radius 3 is 2.26 bits per heavy atom. The van der Waals surface area contributed by atoms with Crippen LogP contribution in [0.5, 0.6) is 0 Å². The maximum absolute atomic E-state index is 12.8. The van der Waals surface area contributed by atoms with E-state index in [1.165, 1.54) is 33.0 Å². The predicted molar refractivity (Wildman–Crippen MR) is 117 cm³/mol. The SMILES string of the molecule is Cn1nc(S(=O)NC(=O)Nc2c3c(cc4c2CCC4)CCC3)cc1C(=O)N1CCCC1. The van der Waals surface area contributed by atoms with Gasteiger partial charge in [-0.3, -0.25) is 14.2 Å². The van der Waals surface area contributed by atoms with Crippen LogP contribution >= 0.6 is 0 Å². The van der Waals surface area contributed by atoms with Gasteiger partial charge < -0.3 is 10.2 Å². The van der Waals surface area contributed by atoms with Crippen molar-refractivity contribution in [2.45, 2.75) is 56.4 Å². The van der Waals surface area contributed by atoms with Crippen LogP contribution in [0.15, 0.2) is 17.2 Å². The minimum atomic E-state index is -1.86. The molecular weight excluding hydrogens is 414 g/mol. The van der Waals surface area contributed by atoms with Crippen molar-refractivity contribution in [2.24, 2.45) is 7.05 Å². The summed E-state index contributed by atoms with van der Waals surface area (Å²) in [6, 6.07) is 3.30. The Kier molecular flexibility index (Phi) is 5.29. The third kappa shape index (κ3) is 3.75. The van der Waals surface area contributed by atoms with E-state index in [-0.39, 0.29) is 10.9 Å². The maximum Gasteiger partial charge on any atom is 0.331 e. The van der Waals surface area contributed by atoms with Crippen LogP contribution < -0.4 is 10.0 Å². The average molecular weight is 442 g/mol. The molecule has 2 aromatic rings. The van der Waals surface area contributed by atoms with Crippen molar-refractivity contribution < 1.29 is 13.8 Å². The molecule has 31 heavy (non-hydrogen) atoms. The number of amides is 3. The normalized spacial score (nSPS) is 18.0. The lowest BCUT2D eigenvalue weighted by Gasteiger charge is -2.16. The summed E-state index contributed by atoms with van der Waals surface area (Å²) in [5.74, 6) is -0.115. The fourth-order valence-electron chi connectivity index (χ4n) is 5.06. The number of hydrogen-bond acceptors (Lipinski definition) is 4.